The highest BCUT2D eigenvalue weighted by Crippen LogP contribution is 2.08. The van der Waals surface area contributed by atoms with Gasteiger partial charge in [0.2, 0.25) is 0 Å². The summed E-state index contributed by atoms with van der Waals surface area (Å²) in [6, 6.07) is 9.98. The molecule has 26 heavy (non-hydrogen) atoms. The first-order valence-corrected chi connectivity index (χ1v) is 10.2. The molecule has 1 unspecified atom stereocenters. The summed E-state index contributed by atoms with van der Waals surface area (Å²) in [7, 11) is -1.25. The van der Waals surface area contributed by atoms with Gasteiger partial charge < -0.3 is 10.6 Å². The molecule has 0 saturated heterocycles. The number of nitrogens with zero attached hydrogens (tertiary/aromatic N) is 3. The summed E-state index contributed by atoms with van der Waals surface area (Å²) < 4.78 is 24.3. The molecule has 9 heteroatoms. The van der Waals surface area contributed by atoms with Crippen molar-refractivity contribution in [2.75, 3.05) is 19.1 Å². The lowest BCUT2D eigenvalue weighted by atomic mass is 10.2. The van der Waals surface area contributed by atoms with Crippen molar-refractivity contribution in [3.63, 3.8) is 0 Å². The number of rotatable bonds is 7. The van der Waals surface area contributed by atoms with Crippen molar-refractivity contribution in [2.45, 2.75) is 25.9 Å². The van der Waals surface area contributed by atoms with Gasteiger partial charge in [-0.25, -0.2) is 13.1 Å². The number of aliphatic imine (C=N–C) groups is 1. The number of guanidine groups is 1. The fourth-order valence-corrected chi connectivity index (χ4v) is 3.05. The van der Waals surface area contributed by atoms with E-state index in [0.29, 0.717) is 18.9 Å². The molecule has 0 fully saturated rings. The van der Waals surface area contributed by atoms with Gasteiger partial charge in [-0.3, -0.25) is 4.99 Å². The summed E-state index contributed by atoms with van der Waals surface area (Å²) in [6.07, 6.45) is 5.44. The standard InChI is InChI=1S/C17H25N5O2S.HI/c1-14(9-12-25(3,23)24)21-17(18-2)19-13-15-5-7-16(8-6-15)22-11-4-10-20-22;/h4-8,10-11,14H,9,12-13H2,1-3H3,(H2,18,19,21);1H. The van der Waals surface area contributed by atoms with Crippen LogP contribution in [-0.2, 0) is 16.4 Å². The average Bonchev–Trinajstić information content (AvgIpc) is 3.11. The van der Waals surface area contributed by atoms with Gasteiger partial charge in [-0.1, -0.05) is 12.1 Å². The van der Waals surface area contributed by atoms with E-state index in [4.69, 9.17) is 0 Å². The highest BCUT2D eigenvalue weighted by Gasteiger charge is 2.09. The van der Waals surface area contributed by atoms with Crippen LogP contribution in [0, 0.1) is 0 Å². The molecule has 0 amide bonds. The Morgan fingerprint density at radius 2 is 2.00 bits per heavy atom. The minimum atomic E-state index is -2.95. The zero-order valence-corrected chi connectivity index (χ0v) is 18.4. The van der Waals surface area contributed by atoms with E-state index in [1.165, 1.54) is 6.26 Å². The van der Waals surface area contributed by atoms with Crippen LogP contribution in [0.15, 0.2) is 47.7 Å². The van der Waals surface area contributed by atoms with Crippen LogP contribution in [0.3, 0.4) is 0 Å². The van der Waals surface area contributed by atoms with Gasteiger partial charge in [-0.05, 0) is 37.1 Å². The Labute approximate surface area is 172 Å². The Balaban J connectivity index is 0.00000338. The number of nitrogens with one attached hydrogen (secondary N) is 2. The lowest BCUT2D eigenvalue weighted by molar-refractivity contribution is 0.581. The molecule has 1 aromatic heterocycles. The molecule has 2 aromatic rings. The molecular formula is C17H26IN5O2S. The Hall–Kier alpha value is -1.62. The smallest absolute Gasteiger partial charge is 0.191 e. The van der Waals surface area contributed by atoms with Crippen LogP contribution in [0.2, 0.25) is 0 Å². The van der Waals surface area contributed by atoms with Gasteiger partial charge in [0.1, 0.15) is 9.84 Å². The molecule has 0 saturated carbocycles. The minimum absolute atomic E-state index is 0. The summed E-state index contributed by atoms with van der Waals surface area (Å²) in [4.78, 5) is 4.18. The van der Waals surface area contributed by atoms with Crippen molar-refractivity contribution in [1.29, 1.82) is 0 Å². The van der Waals surface area contributed by atoms with Gasteiger partial charge in [0.15, 0.2) is 5.96 Å². The molecule has 2 N–H and O–H groups in total. The molecule has 7 nitrogen and oxygen atoms in total. The van der Waals surface area contributed by atoms with Crippen molar-refractivity contribution in [2.24, 2.45) is 4.99 Å². The molecule has 1 atom stereocenters. The van der Waals surface area contributed by atoms with Crippen molar-refractivity contribution < 1.29 is 8.42 Å². The minimum Gasteiger partial charge on any atom is -0.354 e. The SMILES string of the molecule is CN=C(NCc1ccc(-n2cccn2)cc1)NC(C)CCS(C)(=O)=O.I. The van der Waals surface area contributed by atoms with Crippen LogP contribution < -0.4 is 10.6 Å². The van der Waals surface area contributed by atoms with Gasteiger partial charge in [0, 0.05) is 38.3 Å². The summed E-state index contributed by atoms with van der Waals surface area (Å²) >= 11 is 0. The highest BCUT2D eigenvalue weighted by molar-refractivity contribution is 14.0. The number of sulfone groups is 1. The fourth-order valence-electron chi connectivity index (χ4n) is 2.26. The Bertz CT molecular complexity index is 789. The van der Waals surface area contributed by atoms with E-state index in [2.05, 4.69) is 20.7 Å². The van der Waals surface area contributed by atoms with Gasteiger partial charge in [-0.15, -0.1) is 24.0 Å². The average molecular weight is 491 g/mol. The Morgan fingerprint density at radius 1 is 1.31 bits per heavy atom. The van der Waals surface area contributed by atoms with Crippen molar-refractivity contribution in [3.8, 4) is 5.69 Å². The first kappa shape index (κ1) is 22.4. The normalized spacial score (nSPS) is 13.0. The number of halogens is 1. The van der Waals surface area contributed by atoms with Crippen LogP contribution in [-0.4, -0.2) is 49.3 Å². The monoisotopic (exact) mass is 491 g/mol. The topological polar surface area (TPSA) is 88.4 Å². The maximum absolute atomic E-state index is 11.2. The predicted octanol–water partition coefficient (Wildman–Crippen LogP) is 1.98. The highest BCUT2D eigenvalue weighted by atomic mass is 127. The van der Waals surface area contributed by atoms with E-state index in [-0.39, 0.29) is 35.8 Å². The quantitative estimate of drug-likeness (QED) is 0.352. The van der Waals surface area contributed by atoms with E-state index >= 15 is 0 Å². The van der Waals surface area contributed by atoms with E-state index in [1.807, 2.05) is 43.5 Å². The van der Waals surface area contributed by atoms with Crippen molar-refractivity contribution in [3.05, 3.63) is 48.3 Å². The number of benzene rings is 1. The maximum atomic E-state index is 11.2. The van der Waals surface area contributed by atoms with Crippen LogP contribution >= 0.6 is 24.0 Å². The van der Waals surface area contributed by atoms with Crippen molar-refractivity contribution in [1.82, 2.24) is 20.4 Å². The molecule has 1 heterocycles. The van der Waals surface area contributed by atoms with Gasteiger partial charge in [0.25, 0.3) is 0 Å². The summed E-state index contributed by atoms with van der Waals surface area (Å²) in [5, 5.41) is 10.6. The van der Waals surface area contributed by atoms with Gasteiger partial charge in [-0.2, -0.15) is 5.10 Å². The van der Waals surface area contributed by atoms with Gasteiger partial charge in [0.05, 0.1) is 11.4 Å². The molecule has 144 valence electrons. The first-order valence-electron chi connectivity index (χ1n) is 8.11. The van der Waals surface area contributed by atoms with E-state index in [1.54, 1.807) is 17.9 Å². The van der Waals surface area contributed by atoms with Crippen LogP contribution in [0.25, 0.3) is 5.69 Å². The molecule has 1 aromatic carbocycles. The largest absolute Gasteiger partial charge is 0.354 e. The molecule has 2 rings (SSSR count). The molecule has 0 aliphatic carbocycles. The third-order valence-corrected chi connectivity index (χ3v) is 4.67. The van der Waals surface area contributed by atoms with Crippen LogP contribution in [0.5, 0.6) is 0 Å². The fraction of sp³-hybridized carbons (Fsp3) is 0.412. The van der Waals surface area contributed by atoms with E-state index in [0.717, 1.165) is 11.3 Å². The third-order valence-electron chi connectivity index (χ3n) is 3.69. The second-order valence-electron chi connectivity index (χ2n) is 6.01. The lowest BCUT2D eigenvalue weighted by Crippen LogP contribution is -2.42. The summed E-state index contributed by atoms with van der Waals surface area (Å²) in [6.45, 7) is 2.56. The Morgan fingerprint density at radius 3 is 2.54 bits per heavy atom. The molecule has 0 aliphatic rings. The summed E-state index contributed by atoms with van der Waals surface area (Å²) in [5.41, 5.74) is 2.12. The van der Waals surface area contributed by atoms with Crippen LogP contribution in [0.4, 0.5) is 0 Å². The molecule has 0 aliphatic heterocycles. The number of hydrogen-bond acceptors (Lipinski definition) is 4. The zero-order valence-electron chi connectivity index (χ0n) is 15.2. The second kappa shape index (κ2) is 10.5. The second-order valence-corrected chi connectivity index (χ2v) is 8.27. The third kappa shape index (κ3) is 7.73. The summed E-state index contributed by atoms with van der Waals surface area (Å²) in [5.74, 6) is 0.810. The van der Waals surface area contributed by atoms with Crippen molar-refractivity contribution >= 4 is 39.8 Å². The molecule has 0 bridgehead atoms. The number of hydrogen-bond donors (Lipinski definition) is 2. The zero-order chi connectivity index (χ0) is 18.3. The molecule has 0 spiro atoms. The predicted molar refractivity (Wildman–Crippen MR) is 116 cm³/mol. The van der Waals surface area contributed by atoms with E-state index in [9.17, 15) is 8.42 Å². The molecular weight excluding hydrogens is 465 g/mol. The lowest BCUT2D eigenvalue weighted by Gasteiger charge is -2.17. The maximum Gasteiger partial charge on any atom is 0.191 e. The number of aromatic nitrogens is 2. The van der Waals surface area contributed by atoms with Gasteiger partial charge >= 0.3 is 0 Å². The molecule has 0 radical (unpaired) electrons. The van der Waals surface area contributed by atoms with E-state index < -0.39 is 9.84 Å². The van der Waals surface area contributed by atoms with Crippen LogP contribution in [0.1, 0.15) is 18.9 Å². The first-order chi connectivity index (χ1) is 11.9. The Kier molecular flexibility index (Phi) is 9.06.